The maximum absolute atomic E-state index is 10.3. The molecule has 1 atom stereocenters. The van der Waals surface area contributed by atoms with Gasteiger partial charge in [-0.15, -0.1) is 0 Å². The number of pyridine rings is 2. The third kappa shape index (κ3) is 3.06. The van der Waals surface area contributed by atoms with Crippen LogP contribution in [-0.2, 0) is 0 Å². The average Bonchev–Trinajstić information content (AvgIpc) is 3.07. The molecule has 0 aliphatic heterocycles. The van der Waals surface area contributed by atoms with Crippen LogP contribution in [0.2, 0.25) is 0 Å². The molecule has 3 heterocycles. The van der Waals surface area contributed by atoms with E-state index in [-0.39, 0.29) is 0 Å². The minimum absolute atomic E-state index is 0.313. The highest BCUT2D eigenvalue weighted by Crippen LogP contribution is 2.36. The van der Waals surface area contributed by atoms with Crippen LogP contribution in [0.5, 0.6) is 0 Å². The van der Waals surface area contributed by atoms with Gasteiger partial charge >= 0.3 is 0 Å². The van der Waals surface area contributed by atoms with Gasteiger partial charge < -0.3 is 20.7 Å². The van der Waals surface area contributed by atoms with Gasteiger partial charge in [-0.2, -0.15) is 0 Å². The van der Waals surface area contributed by atoms with Crippen molar-refractivity contribution in [2.45, 2.75) is 50.8 Å². The first-order valence-corrected chi connectivity index (χ1v) is 9.42. The summed E-state index contributed by atoms with van der Waals surface area (Å²) in [6.07, 6.45) is 7.23. The SMILES string of the molecule is C[C@@H](O)c1nc2cnc3cccnc3c2n1C1CCC(NCCN)CC1. The Hall–Kier alpha value is -2.09. The van der Waals surface area contributed by atoms with E-state index in [2.05, 4.69) is 24.8 Å². The Morgan fingerprint density at radius 1 is 1.27 bits per heavy atom. The molecule has 0 aromatic carbocycles. The second-order valence-corrected chi connectivity index (χ2v) is 7.13. The van der Waals surface area contributed by atoms with E-state index in [0.29, 0.717) is 24.5 Å². The third-order valence-electron chi connectivity index (χ3n) is 5.31. The Kier molecular flexibility index (Phi) is 4.84. The molecule has 4 rings (SSSR count). The Balaban J connectivity index is 1.76. The molecule has 0 unspecified atom stereocenters. The Morgan fingerprint density at radius 2 is 2.08 bits per heavy atom. The summed E-state index contributed by atoms with van der Waals surface area (Å²) in [7, 11) is 0. The summed E-state index contributed by atoms with van der Waals surface area (Å²) >= 11 is 0. The average molecular weight is 354 g/mol. The zero-order chi connectivity index (χ0) is 18.1. The number of aliphatic hydroxyl groups excluding tert-OH is 1. The van der Waals surface area contributed by atoms with Crippen LogP contribution >= 0.6 is 0 Å². The van der Waals surface area contributed by atoms with Crippen molar-refractivity contribution in [3.63, 3.8) is 0 Å². The topological polar surface area (TPSA) is 102 Å². The van der Waals surface area contributed by atoms with Gasteiger partial charge in [0.15, 0.2) is 0 Å². The maximum Gasteiger partial charge on any atom is 0.138 e. The van der Waals surface area contributed by atoms with Gasteiger partial charge in [0.1, 0.15) is 23.0 Å². The smallest absolute Gasteiger partial charge is 0.138 e. The van der Waals surface area contributed by atoms with Crippen LogP contribution in [0.4, 0.5) is 0 Å². The van der Waals surface area contributed by atoms with Crippen molar-refractivity contribution in [3.05, 3.63) is 30.4 Å². The molecule has 4 N–H and O–H groups in total. The standard InChI is InChI=1S/C19H26N6O/c1-12(26)19-24-16-11-23-15-3-2-9-22-17(15)18(16)25(19)14-6-4-13(5-7-14)21-10-8-20/h2-3,9,11-14,21,26H,4-8,10,20H2,1H3/t12-,13?,14?/m1/s1. The fourth-order valence-corrected chi connectivity index (χ4v) is 4.10. The molecule has 0 spiro atoms. The fraction of sp³-hybridized carbons (Fsp3) is 0.526. The molecule has 7 heteroatoms. The predicted octanol–water partition coefficient (Wildman–Crippen LogP) is 2.06. The molecule has 0 saturated heterocycles. The predicted molar refractivity (Wildman–Crippen MR) is 102 cm³/mol. The van der Waals surface area contributed by atoms with Crippen molar-refractivity contribution in [3.8, 4) is 0 Å². The molecular formula is C19H26N6O. The number of fused-ring (bicyclic) bond motifs is 3. The van der Waals surface area contributed by atoms with E-state index in [1.807, 2.05) is 12.1 Å². The summed E-state index contributed by atoms with van der Waals surface area (Å²) in [5, 5.41) is 13.8. The van der Waals surface area contributed by atoms with Crippen LogP contribution in [0.25, 0.3) is 22.1 Å². The lowest BCUT2D eigenvalue weighted by Crippen LogP contribution is -2.36. The fourth-order valence-electron chi connectivity index (χ4n) is 4.10. The number of hydrogen-bond acceptors (Lipinski definition) is 6. The second kappa shape index (κ2) is 7.26. The molecule has 0 radical (unpaired) electrons. The summed E-state index contributed by atoms with van der Waals surface area (Å²) < 4.78 is 2.22. The lowest BCUT2D eigenvalue weighted by molar-refractivity contribution is 0.176. The minimum atomic E-state index is -0.630. The summed E-state index contributed by atoms with van der Waals surface area (Å²) in [5.41, 5.74) is 9.11. The number of hydrogen-bond donors (Lipinski definition) is 3. The summed E-state index contributed by atoms with van der Waals surface area (Å²) in [5.74, 6) is 0.707. The van der Waals surface area contributed by atoms with Crippen molar-refractivity contribution >= 4 is 22.1 Å². The van der Waals surface area contributed by atoms with E-state index >= 15 is 0 Å². The summed E-state index contributed by atoms with van der Waals surface area (Å²) in [6, 6.07) is 4.70. The van der Waals surface area contributed by atoms with E-state index in [9.17, 15) is 5.11 Å². The third-order valence-corrected chi connectivity index (χ3v) is 5.31. The largest absolute Gasteiger partial charge is 0.385 e. The molecule has 26 heavy (non-hydrogen) atoms. The van der Waals surface area contributed by atoms with Gasteiger partial charge in [-0.25, -0.2) is 4.98 Å². The second-order valence-electron chi connectivity index (χ2n) is 7.13. The van der Waals surface area contributed by atoms with Crippen LogP contribution in [0.3, 0.4) is 0 Å². The van der Waals surface area contributed by atoms with Crippen LogP contribution in [0, 0.1) is 0 Å². The number of aromatic nitrogens is 4. The number of imidazole rings is 1. The van der Waals surface area contributed by atoms with Crippen LogP contribution in [-0.4, -0.2) is 43.8 Å². The zero-order valence-corrected chi connectivity index (χ0v) is 15.1. The molecule has 1 saturated carbocycles. The Labute approximate surface area is 152 Å². The summed E-state index contributed by atoms with van der Waals surface area (Å²) in [6.45, 7) is 3.31. The molecular weight excluding hydrogens is 328 g/mol. The number of nitrogens with one attached hydrogen (secondary N) is 1. The quantitative estimate of drug-likeness (QED) is 0.648. The van der Waals surface area contributed by atoms with Crippen molar-refractivity contribution in [1.29, 1.82) is 0 Å². The molecule has 0 amide bonds. The van der Waals surface area contributed by atoms with E-state index in [1.54, 1.807) is 19.3 Å². The van der Waals surface area contributed by atoms with Gasteiger partial charge in [0, 0.05) is 31.4 Å². The van der Waals surface area contributed by atoms with Crippen molar-refractivity contribution in [1.82, 2.24) is 24.8 Å². The lowest BCUT2D eigenvalue weighted by atomic mass is 9.90. The van der Waals surface area contributed by atoms with Crippen molar-refractivity contribution in [2.24, 2.45) is 5.73 Å². The first kappa shape index (κ1) is 17.3. The minimum Gasteiger partial charge on any atom is -0.385 e. The molecule has 1 fully saturated rings. The van der Waals surface area contributed by atoms with Gasteiger partial charge in [0.25, 0.3) is 0 Å². The normalized spacial score (nSPS) is 22.1. The van der Waals surface area contributed by atoms with E-state index in [4.69, 9.17) is 5.73 Å². The molecule has 0 bridgehead atoms. The van der Waals surface area contributed by atoms with Crippen LogP contribution < -0.4 is 11.1 Å². The molecule has 138 valence electrons. The summed E-state index contributed by atoms with van der Waals surface area (Å²) in [4.78, 5) is 13.7. The Bertz CT molecular complexity index is 898. The number of nitrogens with two attached hydrogens (primary N) is 1. The van der Waals surface area contributed by atoms with E-state index < -0.39 is 6.10 Å². The van der Waals surface area contributed by atoms with Crippen molar-refractivity contribution < 1.29 is 5.11 Å². The highest BCUT2D eigenvalue weighted by Gasteiger charge is 2.28. The molecule has 1 aliphatic carbocycles. The molecule has 1 aliphatic rings. The number of rotatable bonds is 5. The van der Waals surface area contributed by atoms with Crippen LogP contribution in [0.1, 0.15) is 50.6 Å². The highest BCUT2D eigenvalue weighted by molar-refractivity contribution is 5.99. The van der Waals surface area contributed by atoms with Gasteiger partial charge in [-0.1, -0.05) is 0 Å². The molecule has 3 aromatic rings. The van der Waals surface area contributed by atoms with E-state index in [0.717, 1.165) is 54.3 Å². The lowest BCUT2D eigenvalue weighted by Gasteiger charge is -2.31. The number of aliphatic hydroxyl groups is 1. The highest BCUT2D eigenvalue weighted by atomic mass is 16.3. The molecule has 7 nitrogen and oxygen atoms in total. The Morgan fingerprint density at radius 3 is 2.81 bits per heavy atom. The van der Waals surface area contributed by atoms with Crippen molar-refractivity contribution in [2.75, 3.05) is 13.1 Å². The van der Waals surface area contributed by atoms with Gasteiger partial charge in [-0.3, -0.25) is 9.97 Å². The molecule has 3 aromatic heterocycles. The van der Waals surface area contributed by atoms with Gasteiger partial charge in [0.05, 0.1) is 17.2 Å². The van der Waals surface area contributed by atoms with Crippen LogP contribution in [0.15, 0.2) is 24.5 Å². The first-order valence-electron chi connectivity index (χ1n) is 9.42. The first-order chi connectivity index (χ1) is 12.7. The van der Waals surface area contributed by atoms with E-state index in [1.165, 1.54) is 0 Å². The number of nitrogens with zero attached hydrogens (tertiary/aromatic N) is 4. The van der Waals surface area contributed by atoms with Gasteiger partial charge in [0.2, 0.25) is 0 Å². The maximum atomic E-state index is 10.3. The monoisotopic (exact) mass is 354 g/mol. The van der Waals surface area contributed by atoms with Gasteiger partial charge in [-0.05, 0) is 44.7 Å². The zero-order valence-electron chi connectivity index (χ0n) is 15.1.